The fourth-order valence-corrected chi connectivity index (χ4v) is 9.48. The van der Waals surface area contributed by atoms with E-state index in [2.05, 4.69) is 15.2 Å². The van der Waals surface area contributed by atoms with Crippen LogP contribution in [0.1, 0.15) is 101 Å². The number of esters is 1. The zero-order chi connectivity index (χ0) is 44.4. The molecule has 1 aromatic heterocycles. The van der Waals surface area contributed by atoms with E-state index in [4.69, 9.17) is 33.2 Å². The second-order valence-corrected chi connectivity index (χ2v) is 18.3. The highest BCUT2D eigenvalue weighted by molar-refractivity contribution is 6.05. The smallest absolute Gasteiger partial charge is 0.311 e. The van der Waals surface area contributed by atoms with Crippen LogP contribution in [0.25, 0.3) is 0 Å². The topological polar surface area (TPSA) is 214 Å². The van der Waals surface area contributed by atoms with Gasteiger partial charge >= 0.3 is 5.97 Å². The van der Waals surface area contributed by atoms with Crippen LogP contribution in [0.15, 0.2) is 6.20 Å². The summed E-state index contributed by atoms with van der Waals surface area (Å²) in [6.45, 7) is 17.6. The highest BCUT2D eigenvalue weighted by Crippen LogP contribution is 2.42. The highest BCUT2D eigenvalue weighted by Gasteiger charge is 2.54. The van der Waals surface area contributed by atoms with Crippen molar-refractivity contribution in [1.29, 1.82) is 0 Å². The molecule has 0 radical (unpaired) electrons. The number of ketones is 1. The molecule has 0 amide bonds. The molecule has 0 saturated carbocycles. The van der Waals surface area contributed by atoms with Crippen molar-refractivity contribution in [1.82, 2.24) is 19.8 Å². The Morgan fingerprint density at radius 3 is 2.17 bits per heavy atom. The summed E-state index contributed by atoms with van der Waals surface area (Å²) in [6, 6.07) is -0.374. The fraction of sp³-hybridized carbons (Fsp3) is 0.902. The lowest BCUT2D eigenvalue weighted by atomic mass is 9.74. The summed E-state index contributed by atoms with van der Waals surface area (Å²) in [6.07, 6.45) is -6.75. The minimum atomic E-state index is -1.98. The number of carbonyl (C=O) groups is 2. The molecule has 18 heteroatoms. The summed E-state index contributed by atoms with van der Waals surface area (Å²) in [4.78, 5) is 30.5. The molecule has 3 fully saturated rings. The van der Waals surface area contributed by atoms with Gasteiger partial charge in [-0.15, -0.1) is 5.10 Å². The van der Waals surface area contributed by atoms with E-state index in [-0.39, 0.29) is 37.2 Å². The van der Waals surface area contributed by atoms with Gasteiger partial charge in [0.05, 0.1) is 53.3 Å². The molecule has 17 nitrogen and oxygen atoms in total. The number of rotatable bonds is 11. The molecule has 4 N–H and O–H groups in total. The average molecular weight is 841 g/mol. The summed E-state index contributed by atoms with van der Waals surface area (Å²) in [5.74, 6) is -4.61. The maximum absolute atomic E-state index is 14.3. The van der Waals surface area contributed by atoms with Crippen molar-refractivity contribution in [2.75, 3.05) is 27.8 Å². The van der Waals surface area contributed by atoms with Crippen molar-refractivity contribution in [3.05, 3.63) is 11.9 Å². The summed E-state index contributed by atoms with van der Waals surface area (Å²) >= 11 is 0. The third-order valence-corrected chi connectivity index (χ3v) is 13.5. The van der Waals surface area contributed by atoms with Crippen molar-refractivity contribution >= 4 is 19.7 Å². The molecule has 0 spiro atoms. The van der Waals surface area contributed by atoms with Crippen molar-refractivity contribution in [3.8, 4) is 0 Å². The number of Topliss-reactive ketones (excluding diaryl/α,β-unsaturated/α-hetero) is 1. The molecule has 3 saturated heterocycles. The Morgan fingerprint density at radius 2 is 1.59 bits per heavy atom. The van der Waals surface area contributed by atoms with Crippen molar-refractivity contribution < 1.29 is 63.2 Å². The summed E-state index contributed by atoms with van der Waals surface area (Å²) in [7, 11) is 6.75. The third kappa shape index (κ3) is 10.9. The Morgan fingerprint density at radius 1 is 0.949 bits per heavy atom. The highest BCUT2D eigenvalue weighted by atomic mass is 16.7. The molecule has 1 aromatic rings. The van der Waals surface area contributed by atoms with Gasteiger partial charge in [-0.2, -0.15) is 0 Å². The van der Waals surface area contributed by atoms with Gasteiger partial charge in [0.15, 0.2) is 12.6 Å². The van der Waals surface area contributed by atoms with Crippen LogP contribution in [0.5, 0.6) is 0 Å². The Hall–Kier alpha value is -2.10. The molecular weight excluding hydrogens is 767 g/mol. The number of aromatic nitrogens is 3. The Balaban J connectivity index is 1.80. The van der Waals surface area contributed by atoms with Gasteiger partial charge in [0.1, 0.15) is 29.7 Å². The van der Waals surface area contributed by atoms with Gasteiger partial charge in [-0.25, -0.2) is 0 Å². The number of aliphatic hydroxyl groups is 4. The number of aliphatic hydroxyl groups excluding tert-OH is 3. The molecule has 338 valence electrons. The zero-order valence-electron chi connectivity index (χ0n) is 37.7. The SMILES string of the molecule is Bn1cc(CCN(C)[C@H]2CC(C)O[C@H](O[C@@H]3[C@@H](C)[C@H](O[C@H]4C[C@@](C)(OC)[C@@H](O)[C@@H](C)O4)[C@@H](C)C(=O)O[C@H](CC)[C@@](C)(O)C(O)[C@H](C)C(=O)[C@H](C)C[C@@]3(C)OC)[C@@H]2O)nn1. The molecule has 2 unspecified atom stereocenters. The van der Waals surface area contributed by atoms with E-state index in [1.807, 2.05) is 35.1 Å². The Kier molecular flexibility index (Phi) is 16.8. The second-order valence-electron chi connectivity index (χ2n) is 18.3. The van der Waals surface area contributed by atoms with Crippen LogP contribution >= 0.6 is 0 Å². The standard InChI is InChI=1S/C41H73BN4O13/c1-14-29-41(10,52)34(49)23(4)31(47)21(2)18-40(9,54-13)36(59-38-32(48)28(17-22(3)55-38)45(11)16-15-27-20-46(42)44-43-27)24(5)33(25(6)37(51)57-29)58-30-19-39(8,53-12)35(50)26(7)56-30/h20-26,28-30,32-36,38,48-50,52H,14-19,42H2,1-13H3/t21-,22?,23-,24+,25-,26-,28+,29-,30+,32-,33+,34?,35+,36-,38-,39-,40-,41-/m1/s1. The van der Waals surface area contributed by atoms with Crippen LogP contribution in [0.2, 0.25) is 0 Å². The Labute approximate surface area is 351 Å². The van der Waals surface area contributed by atoms with Crippen LogP contribution in [0.4, 0.5) is 0 Å². The van der Waals surface area contributed by atoms with Crippen LogP contribution in [0, 0.1) is 23.7 Å². The molecule has 0 aliphatic carbocycles. The molecule has 0 aromatic carbocycles. The molecule has 3 aliphatic heterocycles. The first-order valence-electron chi connectivity index (χ1n) is 21.2. The van der Waals surface area contributed by atoms with E-state index in [9.17, 15) is 30.0 Å². The third-order valence-electron chi connectivity index (χ3n) is 13.5. The first-order chi connectivity index (χ1) is 27.4. The number of likely N-dealkylation sites (N-methyl/N-ethyl adjacent to an activating group) is 1. The molecular formula is C41H73BN4O13. The number of hydrogen-bond acceptors (Lipinski definition) is 16. The van der Waals surface area contributed by atoms with Crippen LogP contribution in [-0.4, -0.2) is 172 Å². The number of nitrogens with zero attached hydrogens (tertiary/aromatic N) is 4. The predicted molar refractivity (Wildman–Crippen MR) is 218 cm³/mol. The number of cyclic esters (lactones) is 1. The minimum Gasteiger partial charge on any atom is -0.459 e. The van der Waals surface area contributed by atoms with Crippen molar-refractivity contribution in [2.24, 2.45) is 23.7 Å². The van der Waals surface area contributed by atoms with Gasteiger partial charge in [-0.1, -0.05) is 32.9 Å². The number of methoxy groups -OCH3 is 2. The number of hydrogen-bond donors (Lipinski definition) is 4. The monoisotopic (exact) mass is 841 g/mol. The molecule has 0 bridgehead atoms. The van der Waals surface area contributed by atoms with E-state index in [0.717, 1.165) is 5.69 Å². The van der Waals surface area contributed by atoms with Gasteiger partial charge in [-0.05, 0) is 67.9 Å². The van der Waals surface area contributed by atoms with Gasteiger partial charge in [0.25, 0.3) is 7.98 Å². The summed E-state index contributed by atoms with van der Waals surface area (Å²) in [5, 5.41) is 54.5. The summed E-state index contributed by atoms with van der Waals surface area (Å²) < 4.78 is 46.1. The molecule has 4 rings (SSSR count). The molecule has 4 heterocycles. The normalized spacial score (nSPS) is 44.6. The quantitative estimate of drug-likeness (QED) is 0.181. The average Bonchev–Trinajstić information content (AvgIpc) is 3.62. The Bertz CT molecular complexity index is 1540. The maximum Gasteiger partial charge on any atom is 0.311 e. The van der Waals surface area contributed by atoms with E-state index in [1.165, 1.54) is 21.1 Å². The number of carbonyl (C=O) groups excluding carboxylic acids is 2. The van der Waals surface area contributed by atoms with Crippen molar-refractivity contribution in [2.45, 2.75) is 186 Å². The fourth-order valence-electron chi connectivity index (χ4n) is 9.48. The summed E-state index contributed by atoms with van der Waals surface area (Å²) in [5.41, 5.74) is -3.51. The van der Waals surface area contributed by atoms with Crippen LogP contribution in [0.3, 0.4) is 0 Å². The lowest BCUT2D eigenvalue weighted by Crippen LogP contribution is -2.61. The van der Waals surface area contributed by atoms with Crippen molar-refractivity contribution in [3.63, 3.8) is 0 Å². The van der Waals surface area contributed by atoms with E-state index < -0.39 is 102 Å². The molecule has 3 aliphatic rings. The lowest BCUT2D eigenvalue weighted by molar-refractivity contribution is -0.319. The van der Waals surface area contributed by atoms with Crippen LogP contribution < -0.4 is 0 Å². The van der Waals surface area contributed by atoms with E-state index in [0.29, 0.717) is 19.4 Å². The second kappa shape index (κ2) is 20.0. The first-order valence-corrected chi connectivity index (χ1v) is 21.2. The maximum atomic E-state index is 14.3. The minimum absolute atomic E-state index is 0.0873. The van der Waals surface area contributed by atoms with E-state index in [1.54, 1.807) is 53.1 Å². The molecule has 59 heavy (non-hydrogen) atoms. The van der Waals surface area contributed by atoms with E-state index >= 15 is 0 Å². The molecule has 18 atom stereocenters. The van der Waals surface area contributed by atoms with Gasteiger partial charge in [0, 0.05) is 63.6 Å². The van der Waals surface area contributed by atoms with Gasteiger partial charge in [-0.3, -0.25) is 9.59 Å². The predicted octanol–water partition coefficient (Wildman–Crippen LogP) is 1.04. The first kappa shape index (κ1) is 49.6. The lowest BCUT2D eigenvalue weighted by Gasteiger charge is -2.50. The number of ether oxygens (including phenoxy) is 7. The van der Waals surface area contributed by atoms with Gasteiger partial charge < -0.3 is 63.1 Å². The van der Waals surface area contributed by atoms with Crippen LogP contribution in [-0.2, 0) is 49.2 Å². The largest absolute Gasteiger partial charge is 0.459 e. The van der Waals surface area contributed by atoms with Gasteiger partial charge in [0.2, 0.25) is 0 Å². The zero-order valence-corrected chi connectivity index (χ0v) is 37.7.